The van der Waals surface area contributed by atoms with E-state index in [0.29, 0.717) is 19.6 Å². The van der Waals surface area contributed by atoms with Crippen LogP contribution in [-0.2, 0) is 16.0 Å². The van der Waals surface area contributed by atoms with Gasteiger partial charge in [0.25, 0.3) is 0 Å². The Kier molecular flexibility index (Phi) is 3.03. The third-order valence-electron chi connectivity index (χ3n) is 3.96. The lowest BCUT2D eigenvalue weighted by atomic mass is 9.80. The molecule has 2 aliphatic rings. The van der Waals surface area contributed by atoms with Crippen LogP contribution in [0.15, 0.2) is 22.7 Å². The highest BCUT2D eigenvalue weighted by Gasteiger charge is 2.50. The minimum atomic E-state index is -0.960. The monoisotopic (exact) mass is 326 g/mol. The van der Waals surface area contributed by atoms with Crippen LogP contribution in [0.3, 0.4) is 0 Å². The maximum atomic E-state index is 11.5. The van der Waals surface area contributed by atoms with Gasteiger partial charge in [-0.05, 0) is 24.1 Å². The Bertz CT molecular complexity index is 537. The van der Waals surface area contributed by atoms with Crippen molar-refractivity contribution in [1.82, 2.24) is 0 Å². The number of hydrogen-bond acceptors (Lipinski definition) is 4. The van der Waals surface area contributed by atoms with Crippen molar-refractivity contribution in [1.29, 1.82) is 0 Å². The Morgan fingerprint density at radius 1 is 1.58 bits per heavy atom. The Labute approximate surface area is 119 Å². The van der Waals surface area contributed by atoms with Crippen LogP contribution in [0.4, 0.5) is 5.69 Å². The molecule has 2 unspecified atom stereocenters. The summed E-state index contributed by atoms with van der Waals surface area (Å²) >= 11 is 3.45. The summed E-state index contributed by atoms with van der Waals surface area (Å²) in [6.45, 7) is 1.43. The smallest absolute Gasteiger partial charge is 0.310 e. The Morgan fingerprint density at radius 3 is 3.11 bits per heavy atom. The molecule has 1 aromatic carbocycles. The minimum Gasteiger partial charge on any atom is -0.481 e. The van der Waals surface area contributed by atoms with Crippen molar-refractivity contribution in [3.63, 3.8) is 0 Å². The fourth-order valence-electron chi connectivity index (χ4n) is 2.97. The molecule has 2 heterocycles. The predicted octanol–water partition coefficient (Wildman–Crippen LogP) is 1.20. The van der Waals surface area contributed by atoms with Crippen LogP contribution >= 0.6 is 15.9 Å². The number of anilines is 1. The van der Waals surface area contributed by atoms with Crippen molar-refractivity contribution >= 4 is 27.6 Å². The summed E-state index contributed by atoms with van der Waals surface area (Å²) in [6.07, 6.45) is 0.439. The topological polar surface area (TPSA) is 75.8 Å². The number of nitrogens with zero attached hydrogens (tertiary/aromatic N) is 1. The van der Waals surface area contributed by atoms with Crippen LogP contribution in [0.2, 0.25) is 0 Å². The number of hydrogen-bond donors (Lipinski definition) is 2. The summed E-state index contributed by atoms with van der Waals surface area (Å²) in [5.41, 5.74) is 7.46. The lowest BCUT2D eigenvalue weighted by Gasteiger charge is -2.52. The first-order valence-electron chi connectivity index (χ1n) is 6.18. The third kappa shape index (κ3) is 1.94. The molecule has 3 N–H and O–H groups in total. The van der Waals surface area contributed by atoms with Crippen LogP contribution in [0, 0.1) is 5.92 Å². The van der Waals surface area contributed by atoms with E-state index in [1.807, 2.05) is 23.1 Å². The molecule has 3 rings (SSSR count). The average molecular weight is 327 g/mol. The lowest BCUT2D eigenvalue weighted by Crippen LogP contribution is -2.71. The maximum Gasteiger partial charge on any atom is 0.310 e. The van der Waals surface area contributed by atoms with E-state index in [0.717, 1.165) is 15.7 Å². The largest absolute Gasteiger partial charge is 0.481 e. The minimum absolute atomic E-state index is 0.246. The number of carboxylic acids is 1. The highest BCUT2D eigenvalue weighted by atomic mass is 79.9. The number of fused-ring (bicyclic) bond motifs is 3. The summed E-state index contributed by atoms with van der Waals surface area (Å²) in [7, 11) is 0. The van der Waals surface area contributed by atoms with Gasteiger partial charge in [0, 0.05) is 16.7 Å². The zero-order chi connectivity index (χ0) is 13.6. The molecular weight excluding hydrogens is 312 g/mol. The molecule has 102 valence electrons. The molecule has 1 aromatic rings. The predicted molar refractivity (Wildman–Crippen MR) is 74.1 cm³/mol. The van der Waals surface area contributed by atoms with Crippen LogP contribution < -0.4 is 10.6 Å². The van der Waals surface area contributed by atoms with Gasteiger partial charge in [-0.15, -0.1) is 0 Å². The molecule has 0 aliphatic carbocycles. The molecule has 2 atom stereocenters. The summed E-state index contributed by atoms with van der Waals surface area (Å²) in [6, 6.07) is 5.90. The van der Waals surface area contributed by atoms with E-state index in [-0.39, 0.29) is 6.61 Å². The molecule has 2 aliphatic heterocycles. The normalized spacial score (nSPS) is 29.6. The molecule has 5 nitrogen and oxygen atoms in total. The molecule has 0 radical (unpaired) electrons. The SMILES string of the molecule is NC12COCCN1c1cc(Br)ccc1CC2C(=O)O. The molecule has 1 fully saturated rings. The zero-order valence-corrected chi connectivity index (χ0v) is 11.9. The van der Waals surface area contributed by atoms with E-state index in [1.54, 1.807) is 0 Å². The Hall–Kier alpha value is -1.11. The van der Waals surface area contributed by atoms with Gasteiger partial charge in [0.2, 0.25) is 0 Å². The van der Waals surface area contributed by atoms with Gasteiger partial charge in [-0.3, -0.25) is 4.79 Å². The van der Waals surface area contributed by atoms with Crippen molar-refractivity contribution in [2.24, 2.45) is 11.7 Å². The molecule has 6 heteroatoms. The molecular formula is C13H15BrN2O3. The maximum absolute atomic E-state index is 11.5. The number of halogens is 1. The van der Waals surface area contributed by atoms with E-state index in [2.05, 4.69) is 15.9 Å². The number of carbonyl (C=O) groups is 1. The van der Waals surface area contributed by atoms with Gasteiger partial charge in [-0.25, -0.2) is 0 Å². The Morgan fingerprint density at radius 2 is 2.37 bits per heavy atom. The fraction of sp³-hybridized carbons (Fsp3) is 0.462. The highest BCUT2D eigenvalue weighted by molar-refractivity contribution is 9.10. The molecule has 1 saturated heterocycles. The summed E-state index contributed by atoms with van der Waals surface area (Å²) in [5.74, 6) is -1.52. The third-order valence-corrected chi connectivity index (χ3v) is 4.45. The molecule has 19 heavy (non-hydrogen) atoms. The number of nitrogens with two attached hydrogens (primary N) is 1. The summed E-state index contributed by atoms with van der Waals surface area (Å²) < 4.78 is 6.39. The number of rotatable bonds is 1. The first kappa shape index (κ1) is 12.9. The van der Waals surface area contributed by atoms with Gasteiger partial charge < -0.3 is 20.5 Å². The number of carboxylic acid groups (broad SMARTS) is 1. The number of benzene rings is 1. The van der Waals surface area contributed by atoms with E-state index in [4.69, 9.17) is 10.5 Å². The van der Waals surface area contributed by atoms with Gasteiger partial charge in [-0.2, -0.15) is 0 Å². The summed E-state index contributed by atoms with van der Waals surface area (Å²) in [5, 5.41) is 9.45. The van der Waals surface area contributed by atoms with Gasteiger partial charge in [-0.1, -0.05) is 22.0 Å². The molecule has 0 bridgehead atoms. The average Bonchev–Trinajstić information content (AvgIpc) is 2.37. The van der Waals surface area contributed by atoms with Crippen LogP contribution in [-0.4, -0.2) is 36.5 Å². The molecule has 0 spiro atoms. The van der Waals surface area contributed by atoms with Crippen molar-refractivity contribution in [2.75, 3.05) is 24.7 Å². The van der Waals surface area contributed by atoms with E-state index >= 15 is 0 Å². The second kappa shape index (κ2) is 4.47. The Balaban J connectivity index is 2.13. The quantitative estimate of drug-likeness (QED) is 0.811. The first-order chi connectivity index (χ1) is 9.02. The second-order valence-electron chi connectivity index (χ2n) is 5.06. The van der Waals surface area contributed by atoms with E-state index < -0.39 is 17.6 Å². The van der Waals surface area contributed by atoms with Crippen molar-refractivity contribution in [3.05, 3.63) is 28.2 Å². The van der Waals surface area contributed by atoms with Crippen LogP contribution in [0.25, 0.3) is 0 Å². The number of aliphatic carboxylic acids is 1. The van der Waals surface area contributed by atoms with Gasteiger partial charge in [0.05, 0.1) is 19.1 Å². The fourth-order valence-corrected chi connectivity index (χ4v) is 3.32. The highest BCUT2D eigenvalue weighted by Crippen LogP contribution is 2.40. The van der Waals surface area contributed by atoms with Crippen molar-refractivity contribution in [3.8, 4) is 0 Å². The van der Waals surface area contributed by atoms with Gasteiger partial charge in [0.1, 0.15) is 5.66 Å². The summed E-state index contributed by atoms with van der Waals surface area (Å²) in [4.78, 5) is 13.5. The zero-order valence-electron chi connectivity index (χ0n) is 10.3. The molecule has 0 aromatic heterocycles. The van der Waals surface area contributed by atoms with Gasteiger partial charge in [0.15, 0.2) is 0 Å². The van der Waals surface area contributed by atoms with Gasteiger partial charge >= 0.3 is 5.97 Å². The van der Waals surface area contributed by atoms with E-state index in [1.165, 1.54) is 0 Å². The molecule has 0 saturated carbocycles. The van der Waals surface area contributed by atoms with Crippen molar-refractivity contribution in [2.45, 2.75) is 12.1 Å². The lowest BCUT2D eigenvalue weighted by molar-refractivity contribution is -0.146. The molecule has 0 amide bonds. The second-order valence-corrected chi connectivity index (χ2v) is 5.98. The van der Waals surface area contributed by atoms with Crippen LogP contribution in [0.1, 0.15) is 5.56 Å². The first-order valence-corrected chi connectivity index (χ1v) is 6.97. The van der Waals surface area contributed by atoms with Crippen molar-refractivity contribution < 1.29 is 14.6 Å². The number of ether oxygens (including phenoxy) is 1. The van der Waals surface area contributed by atoms with E-state index in [9.17, 15) is 9.90 Å². The standard InChI is InChI=1S/C13H15BrN2O3/c14-9-2-1-8-5-10(12(17)18)13(15)7-19-4-3-16(13)11(8)6-9/h1-2,6,10H,3-5,7,15H2,(H,17,18). The van der Waals surface area contributed by atoms with Crippen LogP contribution in [0.5, 0.6) is 0 Å². The number of morpholine rings is 1.